The van der Waals surface area contributed by atoms with Crippen molar-refractivity contribution in [1.82, 2.24) is 9.55 Å². The van der Waals surface area contributed by atoms with E-state index in [1.807, 2.05) is 0 Å². The molecule has 49 heavy (non-hydrogen) atoms. The van der Waals surface area contributed by atoms with E-state index in [-0.39, 0.29) is 0 Å². The van der Waals surface area contributed by atoms with Gasteiger partial charge in [0, 0.05) is 34.2 Å². The Balaban J connectivity index is 1.11. The molecule has 1 aliphatic rings. The first kappa shape index (κ1) is 29.0. The lowest BCUT2D eigenvalue weighted by atomic mass is 9.91. The van der Waals surface area contributed by atoms with Crippen LogP contribution >= 0.6 is 0 Å². The predicted molar refractivity (Wildman–Crippen MR) is 204 cm³/mol. The van der Waals surface area contributed by atoms with Crippen LogP contribution in [0.25, 0.3) is 50.4 Å². The Morgan fingerprint density at radius 1 is 0.510 bits per heavy atom. The van der Waals surface area contributed by atoms with Gasteiger partial charge in [-0.3, -0.25) is 4.57 Å². The largest absolute Gasteiger partial charge is 0.310 e. The number of aromatic nitrogens is 2. The van der Waals surface area contributed by atoms with Crippen molar-refractivity contribution in [2.24, 2.45) is 0 Å². The van der Waals surface area contributed by atoms with Crippen LogP contribution in [0.1, 0.15) is 30.4 Å². The van der Waals surface area contributed by atoms with Crippen LogP contribution in [0.15, 0.2) is 176 Å². The van der Waals surface area contributed by atoms with Crippen LogP contribution in [0.5, 0.6) is 0 Å². The van der Waals surface area contributed by atoms with Gasteiger partial charge in [-0.25, -0.2) is 4.98 Å². The molecule has 3 heteroatoms. The highest BCUT2D eigenvalue weighted by Gasteiger charge is 2.29. The second-order valence-electron chi connectivity index (χ2n) is 12.7. The van der Waals surface area contributed by atoms with E-state index < -0.39 is 0 Å². The van der Waals surface area contributed by atoms with Crippen LogP contribution in [0, 0.1) is 0 Å². The Morgan fingerprint density at radius 3 is 1.82 bits per heavy atom. The van der Waals surface area contributed by atoms with E-state index in [0.717, 1.165) is 45.9 Å². The zero-order valence-corrected chi connectivity index (χ0v) is 27.4. The second-order valence-corrected chi connectivity index (χ2v) is 12.7. The summed E-state index contributed by atoms with van der Waals surface area (Å²) >= 11 is 0. The van der Waals surface area contributed by atoms with Gasteiger partial charge in [0.2, 0.25) is 0 Å². The highest BCUT2D eigenvalue weighted by Crippen LogP contribution is 2.50. The van der Waals surface area contributed by atoms with Crippen LogP contribution < -0.4 is 4.90 Å². The van der Waals surface area contributed by atoms with Crippen molar-refractivity contribution in [3.05, 3.63) is 187 Å². The maximum atomic E-state index is 5.13. The Bertz CT molecular complexity index is 2390. The van der Waals surface area contributed by atoms with Gasteiger partial charge in [-0.1, -0.05) is 110 Å². The number of anilines is 3. The molecule has 1 aliphatic carbocycles. The van der Waals surface area contributed by atoms with Crippen molar-refractivity contribution in [3.63, 3.8) is 0 Å². The fourth-order valence-corrected chi connectivity index (χ4v) is 7.60. The summed E-state index contributed by atoms with van der Waals surface area (Å²) in [5.74, 6) is 1.27. The zero-order chi connectivity index (χ0) is 32.7. The summed E-state index contributed by atoms with van der Waals surface area (Å²) in [6.07, 6.45) is 1.03. The predicted octanol–water partition coefficient (Wildman–Crippen LogP) is 12.4. The minimum Gasteiger partial charge on any atom is -0.310 e. The molecule has 8 aromatic rings. The molecule has 7 aromatic carbocycles. The molecular formula is C46H35N3. The lowest BCUT2D eigenvalue weighted by Gasteiger charge is -2.26. The third-order valence-corrected chi connectivity index (χ3v) is 9.85. The lowest BCUT2D eigenvalue weighted by Crippen LogP contribution is -2.10. The second kappa shape index (κ2) is 12.1. The van der Waals surface area contributed by atoms with Gasteiger partial charge in [-0.15, -0.1) is 0 Å². The van der Waals surface area contributed by atoms with E-state index >= 15 is 0 Å². The fourth-order valence-electron chi connectivity index (χ4n) is 7.60. The Kier molecular flexibility index (Phi) is 7.17. The van der Waals surface area contributed by atoms with E-state index in [1.54, 1.807) is 0 Å². The number of fused-ring (bicyclic) bond motifs is 4. The molecule has 1 heterocycles. The molecule has 0 bridgehead atoms. The molecule has 9 rings (SSSR count). The van der Waals surface area contributed by atoms with Crippen LogP contribution in [0.4, 0.5) is 17.1 Å². The molecule has 234 valence electrons. The molecule has 0 aliphatic heterocycles. The number of hydrogen-bond acceptors (Lipinski definition) is 2. The van der Waals surface area contributed by atoms with E-state index in [9.17, 15) is 0 Å². The summed E-state index contributed by atoms with van der Waals surface area (Å²) < 4.78 is 2.27. The van der Waals surface area contributed by atoms with Gasteiger partial charge in [0.15, 0.2) is 0 Å². The highest BCUT2D eigenvalue weighted by atomic mass is 15.1. The quantitative estimate of drug-likeness (QED) is 0.175. The number of imidazole rings is 1. The average molecular weight is 630 g/mol. The molecule has 1 unspecified atom stereocenters. The zero-order valence-electron chi connectivity index (χ0n) is 27.4. The van der Waals surface area contributed by atoms with Crippen LogP contribution in [0.3, 0.4) is 0 Å². The smallest absolute Gasteiger partial charge is 0.145 e. The van der Waals surface area contributed by atoms with Crippen molar-refractivity contribution in [3.8, 4) is 39.3 Å². The van der Waals surface area contributed by atoms with Crippen LogP contribution in [-0.4, -0.2) is 9.55 Å². The molecule has 0 N–H and O–H groups in total. The Hall–Kier alpha value is -6.19. The standard InChI is InChI=1S/C46H35N3/c1-2-39-42-30-33(32-15-14-16-34(29-32)46-47-44-23-12-13-24-45(44)49(46)37-21-10-5-11-22-37)25-27-40(42)41-28-26-38(31-43(39)41)48(35-17-6-3-7-18-35)36-19-8-4-9-20-36/h3-31,39H,2H2,1H3. The number of nitrogens with zero attached hydrogens (tertiary/aromatic N) is 3. The molecule has 0 saturated carbocycles. The van der Waals surface area contributed by atoms with Gasteiger partial charge in [0.05, 0.1) is 11.0 Å². The highest BCUT2D eigenvalue weighted by molar-refractivity contribution is 5.87. The molecule has 0 amide bonds. The summed E-state index contributed by atoms with van der Waals surface area (Å²) in [5.41, 5.74) is 15.7. The number of para-hydroxylation sites is 5. The number of hydrogen-bond donors (Lipinski definition) is 0. The molecule has 0 radical (unpaired) electrons. The SMILES string of the molecule is CCC1c2cc(-c3cccc(-c4nc5ccccc5n4-c4ccccc4)c3)ccc2-c2ccc(N(c3ccccc3)c3ccccc3)cc21. The van der Waals surface area contributed by atoms with E-state index in [4.69, 9.17) is 4.98 Å². The van der Waals surface area contributed by atoms with Crippen molar-refractivity contribution in [2.75, 3.05) is 4.90 Å². The lowest BCUT2D eigenvalue weighted by molar-refractivity contribution is 0.797. The van der Waals surface area contributed by atoms with E-state index in [2.05, 4.69) is 192 Å². The number of benzene rings is 7. The molecule has 0 spiro atoms. The van der Waals surface area contributed by atoms with Gasteiger partial charge >= 0.3 is 0 Å². The third-order valence-electron chi connectivity index (χ3n) is 9.85. The van der Waals surface area contributed by atoms with E-state index in [0.29, 0.717) is 5.92 Å². The first-order valence-corrected chi connectivity index (χ1v) is 17.1. The maximum Gasteiger partial charge on any atom is 0.145 e. The average Bonchev–Trinajstić information content (AvgIpc) is 3.71. The molecule has 3 nitrogen and oxygen atoms in total. The summed E-state index contributed by atoms with van der Waals surface area (Å²) in [6.45, 7) is 2.31. The van der Waals surface area contributed by atoms with Gasteiger partial charge in [-0.05, 0) is 113 Å². The molecule has 1 atom stereocenters. The first-order valence-electron chi connectivity index (χ1n) is 17.1. The first-order chi connectivity index (χ1) is 24.3. The van der Waals surface area contributed by atoms with Crippen LogP contribution in [-0.2, 0) is 0 Å². The Morgan fingerprint density at radius 2 is 1.10 bits per heavy atom. The molecule has 0 saturated heterocycles. The topological polar surface area (TPSA) is 21.1 Å². The maximum absolute atomic E-state index is 5.13. The fraction of sp³-hybridized carbons (Fsp3) is 0.0652. The van der Waals surface area contributed by atoms with Gasteiger partial charge in [0.1, 0.15) is 5.82 Å². The summed E-state index contributed by atoms with van der Waals surface area (Å²) in [4.78, 5) is 7.49. The van der Waals surface area contributed by atoms with Gasteiger partial charge in [-0.2, -0.15) is 0 Å². The normalized spacial score (nSPS) is 13.3. The minimum atomic E-state index is 0.323. The van der Waals surface area contributed by atoms with Crippen LogP contribution in [0.2, 0.25) is 0 Å². The van der Waals surface area contributed by atoms with E-state index in [1.165, 1.54) is 39.1 Å². The van der Waals surface area contributed by atoms with Crippen molar-refractivity contribution >= 4 is 28.1 Å². The summed E-state index contributed by atoms with van der Waals surface area (Å²) in [7, 11) is 0. The monoisotopic (exact) mass is 629 g/mol. The summed E-state index contributed by atoms with van der Waals surface area (Å²) in [6, 6.07) is 63.1. The molecular weight excluding hydrogens is 595 g/mol. The Labute approximate surface area is 287 Å². The van der Waals surface area contributed by atoms with Gasteiger partial charge in [0.25, 0.3) is 0 Å². The minimum absolute atomic E-state index is 0.323. The third kappa shape index (κ3) is 5.03. The molecule has 1 aromatic heterocycles. The number of rotatable bonds is 7. The molecule has 0 fully saturated rings. The van der Waals surface area contributed by atoms with Gasteiger partial charge < -0.3 is 4.90 Å². The summed E-state index contributed by atoms with van der Waals surface area (Å²) in [5, 5.41) is 0. The van der Waals surface area contributed by atoms with Crippen molar-refractivity contribution < 1.29 is 0 Å². The van der Waals surface area contributed by atoms with Crippen molar-refractivity contribution in [1.29, 1.82) is 0 Å². The van der Waals surface area contributed by atoms with Crippen molar-refractivity contribution in [2.45, 2.75) is 19.3 Å².